The molecule has 0 radical (unpaired) electrons. The highest BCUT2D eigenvalue weighted by Gasteiger charge is 2.10. The van der Waals surface area contributed by atoms with E-state index in [1.165, 1.54) is 18.2 Å². The van der Waals surface area contributed by atoms with Gasteiger partial charge < -0.3 is 5.11 Å². The van der Waals surface area contributed by atoms with Crippen LogP contribution in [0.2, 0.25) is 0 Å². The summed E-state index contributed by atoms with van der Waals surface area (Å²) in [5.74, 6) is -0.375. The van der Waals surface area contributed by atoms with Crippen LogP contribution in [0.1, 0.15) is 18.1 Å². The van der Waals surface area contributed by atoms with Crippen molar-refractivity contribution in [1.29, 1.82) is 5.26 Å². The molecule has 0 aliphatic rings. The molecular weight excluding hydrogens is 237 g/mol. The fourth-order valence-electron chi connectivity index (χ4n) is 0.968. The van der Waals surface area contributed by atoms with Crippen molar-refractivity contribution in [3.8, 4) is 6.07 Å². The molecule has 2 nitrogen and oxygen atoms in total. The molecule has 0 saturated carbocycles. The van der Waals surface area contributed by atoms with Gasteiger partial charge in [-0.25, -0.2) is 4.39 Å². The first kappa shape index (κ1) is 10.2. The Morgan fingerprint density at radius 1 is 1.62 bits per heavy atom. The van der Waals surface area contributed by atoms with Crippen LogP contribution in [0, 0.1) is 17.1 Å². The zero-order valence-corrected chi connectivity index (χ0v) is 8.25. The van der Waals surface area contributed by atoms with E-state index in [1.807, 2.05) is 6.07 Å². The molecule has 0 aliphatic carbocycles. The predicted octanol–water partition coefficient (Wildman–Crippen LogP) is 2.54. The molecule has 0 unspecified atom stereocenters. The summed E-state index contributed by atoms with van der Waals surface area (Å²) < 4.78 is 13.1. The van der Waals surface area contributed by atoms with Gasteiger partial charge in [0.05, 0.1) is 18.6 Å². The second-order valence-corrected chi connectivity index (χ2v) is 3.40. The van der Waals surface area contributed by atoms with Gasteiger partial charge in [-0.15, -0.1) is 0 Å². The van der Waals surface area contributed by atoms with Crippen LogP contribution in [0.5, 0.6) is 0 Å². The SMILES string of the molecule is N#CC[C@@H](O)c1ccc(F)cc1Br. The van der Waals surface area contributed by atoms with E-state index >= 15 is 0 Å². The van der Waals surface area contributed by atoms with E-state index in [-0.39, 0.29) is 12.2 Å². The predicted molar refractivity (Wildman–Crippen MR) is 49.3 cm³/mol. The van der Waals surface area contributed by atoms with Crippen LogP contribution in [0.4, 0.5) is 4.39 Å². The van der Waals surface area contributed by atoms with Gasteiger partial charge in [0.1, 0.15) is 5.82 Å². The molecule has 68 valence electrons. The van der Waals surface area contributed by atoms with Crippen LogP contribution in [0.15, 0.2) is 22.7 Å². The Hall–Kier alpha value is -0.920. The molecule has 1 aromatic rings. The highest BCUT2D eigenvalue weighted by atomic mass is 79.9. The lowest BCUT2D eigenvalue weighted by atomic mass is 10.1. The average Bonchev–Trinajstić information content (AvgIpc) is 2.04. The Bertz CT molecular complexity index is 348. The number of aliphatic hydroxyl groups is 1. The lowest BCUT2D eigenvalue weighted by molar-refractivity contribution is 0.182. The van der Waals surface area contributed by atoms with Crippen molar-refractivity contribution in [3.05, 3.63) is 34.1 Å². The van der Waals surface area contributed by atoms with Gasteiger partial charge in [-0.05, 0) is 17.7 Å². The fourth-order valence-corrected chi connectivity index (χ4v) is 1.58. The summed E-state index contributed by atoms with van der Waals surface area (Å²) in [7, 11) is 0. The van der Waals surface area contributed by atoms with Crippen molar-refractivity contribution < 1.29 is 9.50 Å². The van der Waals surface area contributed by atoms with E-state index in [2.05, 4.69) is 15.9 Å². The summed E-state index contributed by atoms with van der Waals surface area (Å²) in [5, 5.41) is 17.8. The molecule has 13 heavy (non-hydrogen) atoms. The van der Waals surface area contributed by atoms with Crippen LogP contribution >= 0.6 is 15.9 Å². The quantitative estimate of drug-likeness (QED) is 0.868. The minimum Gasteiger partial charge on any atom is -0.387 e. The maximum atomic E-state index is 12.6. The zero-order valence-electron chi connectivity index (χ0n) is 6.67. The van der Waals surface area contributed by atoms with E-state index in [9.17, 15) is 9.50 Å². The van der Waals surface area contributed by atoms with Gasteiger partial charge in [0, 0.05) is 4.47 Å². The molecule has 1 aromatic carbocycles. The van der Waals surface area contributed by atoms with Crippen molar-refractivity contribution in [1.82, 2.24) is 0 Å². The molecule has 0 spiro atoms. The Morgan fingerprint density at radius 3 is 2.85 bits per heavy atom. The van der Waals surface area contributed by atoms with E-state index in [0.717, 1.165) is 0 Å². The molecular formula is C9H7BrFNO. The average molecular weight is 244 g/mol. The summed E-state index contributed by atoms with van der Waals surface area (Å²) in [6.07, 6.45) is -0.857. The number of halogens is 2. The van der Waals surface area contributed by atoms with Crippen LogP contribution in [-0.2, 0) is 0 Å². The van der Waals surface area contributed by atoms with E-state index in [4.69, 9.17) is 5.26 Å². The van der Waals surface area contributed by atoms with Crippen molar-refractivity contribution in [2.45, 2.75) is 12.5 Å². The number of nitrogens with zero attached hydrogens (tertiary/aromatic N) is 1. The van der Waals surface area contributed by atoms with Gasteiger partial charge in [0.15, 0.2) is 0 Å². The molecule has 0 heterocycles. The Morgan fingerprint density at radius 2 is 2.31 bits per heavy atom. The second kappa shape index (κ2) is 4.35. The van der Waals surface area contributed by atoms with Gasteiger partial charge in [-0.3, -0.25) is 0 Å². The van der Waals surface area contributed by atoms with Gasteiger partial charge in [-0.2, -0.15) is 5.26 Å². The lowest BCUT2D eigenvalue weighted by Gasteiger charge is -2.08. The van der Waals surface area contributed by atoms with E-state index < -0.39 is 6.10 Å². The maximum Gasteiger partial charge on any atom is 0.124 e. The first-order valence-electron chi connectivity index (χ1n) is 3.65. The van der Waals surface area contributed by atoms with Crippen LogP contribution in [0.25, 0.3) is 0 Å². The molecule has 0 fully saturated rings. The first-order chi connectivity index (χ1) is 6.15. The maximum absolute atomic E-state index is 12.6. The third kappa shape index (κ3) is 2.51. The van der Waals surface area contributed by atoms with Crippen LogP contribution < -0.4 is 0 Å². The normalized spacial score (nSPS) is 12.2. The first-order valence-corrected chi connectivity index (χ1v) is 4.44. The number of hydrogen-bond donors (Lipinski definition) is 1. The Labute approximate surface area is 83.7 Å². The monoisotopic (exact) mass is 243 g/mol. The molecule has 1 rings (SSSR count). The van der Waals surface area contributed by atoms with Crippen molar-refractivity contribution in [3.63, 3.8) is 0 Å². The highest BCUT2D eigenvalue weighted by Crippen LogP contribution is 2.25. The zero-order chi connectivity index (χ0) is 9.84. The lowest BCUT2D eigenvalue weighted by Crippen LogP contribution is -1.97. The number of aliphatic hydroxyl groups excluding tert-OH is 1. The smallest absolute Gasteiger partial charge is 0.124 e. The fraction of sp³-hybridized carbons (Fsp3) is 0.222. The molecule has 0 aromatic heterocycles. The largest absolute Gasteiger partial charge is 0.387 e. The Balaban J connectivity index is 2.96. The topological polar surface area (TPSA) is 44.0 Å². The van der Waals surface area contributed by atoms with Crippen molar-refractivity contribution in [2.75, 3.05) is 0 Å². The standard InChI is InChI=1S/C9H7BrFNO/c10-8-5-6(11)1-2-7(8)9(13)3-4-12/h1-2,5,9,13H,3H2/t9-/m1/s1. The second-order valence-electron chi connectivity index (χ2n) is 2.54. The molecule has 1 atom stereocenters. The summed E-state index contributed by atoms with van der Waals surface area (Å²) >= 11 is 3.11. The minimum absolute atomic E-state index is 0.00420. The van der Waals surface area contributed by atoms with Gasteiger partial charge >= 0.3 is 0 Å². The Kier molecular flexibility index (Phi) is 3.40. The number of nitriles is 1. The van der Waals surface area contributed by atoms with Gasteiger partial charge in [0.25, 0.3) is 0 Å². The van der Waals surface area contributed by atoms with E-state index in [1.54, 1.807) is 0 Å². The molecule has 0 saturated heterocycles. The van der Waals surface area contributed by atoms with Gasteiger partial charge in [-0.1, -0.05) is 22.0 Å². The van der Waals surface area contributed by atoms with Crippen LogP contribution in [-0.4, -0.2) is 5.11 Å². The van der Waals surface area contributed by atoms with E-state index in [0.29, 0.717) is 10.0 Å². The number of rotatable bonds is 2. The van der Waals surface area contributed by atoms with Crippen molar-refractivity contribution >= 4 is 15.9 Å². The minimum atomic E-state index is -0.861. The molecule has 4 heteroatoms. The summed E-state index contributed by atoms with van der Waals surface area (Å²) in [6, 6.07) is 5.81. The summed E-state index contributed by atoms with van der Waals surface area (Å²) in [6.45, 7) is 0. The molecule has 1 N–H and O–H groups in total. The molecule has 0 aliphatic heterocycles. The summed E-state index contributed by atoms with van der Waals surface area (Å²) in [5.41, 5.74) is 0.531. The third-order valence-electron chi connectivity index (χ3n) is 1.61. The molecule has 0 bridgehead atoms. The van der Waals surface area contributed by atoms with Crippen molar-refractivity contribution in [2.24, 2.45) is 0 Å². The van der Waals surface area contributed by atoms with Crippen LogP contribution in [0.3, 0.4) is 0 Å². The summed E-state index contributed by atoms with van der Waals surface area (Å²) in [4.78, 5) is 0. The number of hydrogen-bond acceptors (Lipinski definition) is 2. The van der Waals surface area contributed by atoms with Gasteiger partial charge in [0.2, 0.25) is 0 Å². The number of benzene rings is 1. The molecule has 0 amide bonds. The third-order valence-corrected chi connectivity index (χ3v) is 2.29. The highest BCUT2D eigenvalue weighted by molar-refractivity contribution is 9.10.